The molecule has 2 rings (SSSR count). The first-order valence-corrected chi connectivity index (χ1v) is 5.29. The predicted octanol–water partition coefficient (Wildman–Crippen LogP) is 2.04. The molecule has 0 radical (unpaired) electrons. The zero-order chi connectivity index (χ0) is 12.3. The predicted molar refractivity (Wildman–Crippen MR) is 63.8 cm³/mol. The van der Waals surface area contributed by atoms with Crippen LogP contribution in [-0.2, 0) is 6.54 Å². The van der Waals surface area contributed by atoms with Crippen molar-refractivity contribution in [3.8, 4) is 0 Å². The van der Waals surface area contributed by atoms with E-state index in [4.69, 9.17) is 21.8 Å². The average molecular weight is 252 g/mol. The summed E-state index contributed by atoms with van der Waals surface area (Å²) < 4.78 is 5.20. The Labute approximate surface area is 103 Å². The van der Waals surface area contributed by atoms with Gasteiger partial charge in [-0.2, -0.15) is 0 Å². The maximum Gasteiger partial charge on any atom is 0.292 e. The third kappa shape index (κ3) is 2.64. The molecule has 0 aliphatic heterocycles. The first-order valence-electron chi connectivity index (χ1n) is 4.91. The van der Waals surface area contributed by atoms with Crippen LogP contribution in [-0.4, -0.2) is 10.9 Å². The number of furan rings is 1. The number of anilines is 1. The monoisotopic (exact) mass is 251 g/mol. The Bertz CT molecular complexity index is 539. The van der Waals surface area contributed by atoms with Gasteiger partial charge in [0.2, 0.25) is 0 Å². The number of hydrogen-bond donors (Lipinski definition) is 2. The molecular weight excluding hydrogens is 242 g/mol. The van der Waals surface area contributed by atoms with Crippen molar-refractivity contribution in [1.29, 1.82) is 0 Å². The van der Waals surface area contributed by atoms with Gasteiger partial charge in [0.15, 0.2) is 11.6 Å². The third-order valence-electron chi connectivity index (χ3n) is 2.08. The second-order valence-corrected chi connectivity index (χ2v) is 3.67. The minimum atomic E-state index is -0.412. The molecule has 0 aliphatic carbocycles. The summed E-state index contributed by atoms with van der Waals surface area (Å²) in [5.74, 6) is 0.601. The molecule has 6 heteroatoms. The van der Waals surface area contributed by atoms with E-state index < -0.39 is 5.91 Å². The number of halogens is 1. The number of aromatic nitrogens is 1. The Morgan fingerprint density at radius 1 is 1.47 bits per heavy atom. The van der Waals surface area contributed by atoms with Gasteiger partial charge in [0.25, 0.3) is 5.91 Å². The second kappa shape index (κ2) is 4.99. The first kappa shape index (κ1) is 11.6. The third-order valence-corrected chi connectivity index (χ3v) is 2.38. The highest BCUT2D eigenvalue weighted by Gasteiger charge is 2.12. The summed E-state index contributed by atoms with van der Waals surface area (Å²) in [5.41, 5.74) is 5.38. The highest BCUT2D eigenvalue weighted by molar-refractivity contribution is 6.33. The van der Waals surface area contributed by atoms with Gasteiger partial charge in [-0.15, -0.1) is 0 Å². The fraction of sp³-hybridized carbons (Fsp3) is 0.0909. The van der Waals surface area contributed by atoms with Gasteiger partial charge in [-0.25, -0.2) is 4.98 Å². The lowest BCUT2D eigenvalue weighted by Gasteiger charge is -2.03. The molecule has 0 saturated carbocycles. The van der Waals surface area contributed by atoms with Crippen LogP contribution in [0.1, 0.15) is 16.3 Å². The van der Waals surface area contributed by atoms with Crippen LogP contribution in [0.5, 0.6) is 0 Å². The van der Waals surface area contributed by atoms with Crippen molar-refractivity contribution in [2.24, 2.45) is 5.73 Å². The van der Waals surface area contributed by atoms with Crippen LogP contribution in [0.3, 0.4) is 0 Å². The molecule has 0 atom stereocenters. The quantitative estimate of drug-likeness (QED) is 0.875. The SMILES string of the molecule is NCc1ccc(C(=O)Nc2ncccc2Cl)o1. The zero-order valence-electron chi connectivity index (χ0n) is 8.81. The van der Waals surface area contributed by atoms with Crippen molar-refractivity contribution in [3.05, 3.63) is 47.0 Å². The van der Waals surface area contributed by atoms with Gasteiger partial charge in [0.05, 0.1) is 11.6 Å². The highest BCUT2D eigenvalue weighted by Crippen LogP contribution is 2.18. The van der Waals surface area contributed by atoms with Crippen molar-refractivity contribution >= 4 is 23.3 Å². The topological polar surface area (TPSA) is 81.2 Å². The van der Waals surface area contributed by atoms with Gasteiger partial charge in [0, 0.05) is 6.20 Å². The number of nitrogens with one attached hydrogen (secondary N) is 1. The number of carbonyl (C=O) groups is 1. The Morgan fingerprint density at radius 3 is 2.94 bits per heavy atom. The molecule has 2 heterocycles. The van der Waals surface area contributed by atoms with Crippen LogP contribution >= 0.6 is 11.6 Å². The molecule has 2 aromatic rings. The van der Waals surface area contributed by atoms with E-state index in [-0.39, 0.29) is 12.3 Å². The number of carbonyl (C=O) groups excluding carboxylic acids is 1. The maximum absolute atomic E-state index is 11.8. The van der Waals surface area contributed by atoms with Gasteiger partial charge < -0.3 is 15.5 Å². The summed E-state index contributed by atoms with van der Waals surface area (Å²) >= 11 is 5.86. The summed E-state index contributed by atoms with van der Waals surface area (Å²) in [6.45, 7) is 0.248. The Hall–Kier alpha value is -1.85. The molecule has 2 aromatic heterocycles. The molecule has 0 aromatic carbocycles. The molecule has 0 bridgehead atoms. The fourth-order valence-corrected chi connectivity index (χ4v) is 1.43. The second-order valence-electron chi connectivity index (χ2n) is 3.26. The number of amides is 1. The van der Waals surface area contributed by atoms with Crippen LogP contribution in [0.4, 0.5) is 5.82 Å². The summed E-state index contributed by atoms with van der Waals surface area (Å²) in [5, 5.41) is 2.91. The van der Waals surface area contributed by atoms with Crippen LogP contribution in [0.25, 0.3) is 0 Å². The first-order chi connectivity index (χ1) is 8.20. The minimum Gasteiger partial charge on any atom is -0.455 e. The Balaban J connectivity index is 2.14. The van der Waals surface area contributed by atoms with Crippen LogP contribution in [0.2, 0.25) is 5.02 Å². The summed E-state index contributed by atoms with van der Waals surface area (Å²) in [4.78, 5) is 15.7. The van der Waals surface area contributed by atoms with Gasteiger partial charge in [-0.05, 0) is 24.3 Å². The molecule has 0 fully saturated rings. The zero-order valence-corrected chi connectivity index (χ0v) is 9.57. The molecule has 1 amide bonds. The molecule has 5 nitrogen and oxygen atoms in total. The van der Waals surface area contributed by atoms with E-state index in [2.05, 4.69) is 10.3 Å². The number of pyridine rings is 1. The van der Waals surface area contributed by atoms with Crippen molar-refractivity contribution in [2.75, 3.05) is 5.32 Å². The molecule has 0 aliphatic rings. The molecule has 0 saturated heterocycles. The van der Waals surface area contributed by atoms with E-state index in [1.807, 2.05) is 0 Å². The van der Waals surface area contributed by atoms with Crippen LogP contribution in [0.15, 0.2) is 34.9 Å². The van der Waals surface area contributed by atoms with Gasteiger partial charge in [-0.3, -0.25) is 4.79 Å². The summed E-state index contributed by atoms with van der Waals surface area (Å²) in [6, 6.07) is 6.51. The largest absolute Gasteiger partial charge is 0.455 e. The van der Waals surface area contributed by atoms with E-state index in [0.29, 0.717) is 16.6 Å². The number of nitrogens with two attached hydrogens (primary N) is 1. The lowest BCUT2D eigenvalue weighted by molar-refractivity contribution is 0.0994. The van der Waals surface area contributed by atoms with E-state index in [9.17, 15) is 4.79 Å². The maximum atomic E-state index is 11.8. The lowest BCUT2D eigenvalue weighted by Crippen LogP contribution is -2.12. The highest BCUT2D eigenvalue weighted by atomic mass is 35.5. The van der Waals surface area contributed by atoms with Crippen LogP contribution in [0, 0.1) is 0 Å². The van der Waals surface area contributed by atoms with E-state index in [1.165, 1.54) is 6.20 Å². The molecule has 0 spiro atoms. The molecular formula is C11H10ClN3O2. The van der Waals surface area contributed by atoms with Crippen molar-refractivity contribution in [2.45, 2.75) is 6.54 Å². The van der Waals surface area contributed by atoms with Gasteiger partial charge in [-0.1, -0.05) is 11.6 Å². The molecule has 17 heavy (non-hydrogen) atoms. The summed E-state index contributed by atoms with van der Waals surface area (Å²) in [6.07, 6.45) is 1.54. The van der Waals surface area contributed by atoms with Crippen molar-refractivity contribution < 1.29 is 9.21 Å². The average Bonchev–Trinajstić information content (AvgIpc) is 2.81. The van der Waals surface area contributed by atoms with E-state index in [1.54, 1.807) is 24.3 Å². The fourth-order valence-electron chi connectivity index (χ4n) is 1.26. The van der Waals surface area contributed by atoms with Gasteiger partial charge in [0.1, 0.15) is 5.76 Å². The molecule has 3 N–H and O–H groups in total. The smallest absolute Gasteiger partial charge is 0.292 e. The Morgan fingerprint density at radius 2 is 2.29 bits per heavy atom. The van der Waals surface area contributed by atoms with Crippen molar-refractivity contribution in [1.82, 2.24) is 4.98 Å². The molecule has 88 valence electrons. The number of rotatable bonds is 3. The number of hydrogen-bond acceptors (Lipinski definition) is 4. The lowest BCUT2D eigenvalue weighted by atomic mass is 10.4. The Kier molecular flexibility index (Phi) is 3.41. The van der Waals surface area contributed by atoms with Gasteiger partial charge >= 0.3 is 0 Å². The van der Waals surface area contributed by atoms with Crippen molar-refractivity contribution in [3.63, 3.8) is 0 Å². The van der Waals surface area contributed by atoms with Crippen LogP contribution < -0.4 is 11.1 Å². The van der Waals surface area contributed by atoms with E-state index >= 15 is 0 Å². The van der Waals surface area contributed by atoms with E-state index in [0.717, 1.165) is 0 Å². The minimum absolute atomic E-state index is 0.173. The number of nitrogens with zero attached hydrogens (tertiary/aromatic N) is 1. The standard InChI is InChI=1S/C11H10ClN3O2/c12-8-2-1-5-14-10(8)15-11(16)9-4-3-7(6-13)17-9/h1-5H,6,13H2,(H,14,15,16). The normalized spacial score (nSPS) is 10.2. The summed E-state index contributed by atoms with van der Waals surface area (Å²) in [7, 11) is 0. The molecule has 0 unspecified atom stereocenters.